The van der Waals surface area contributed by atoms with E-state index in [1.54, 1.807) is 0 Å². The Bertz CT molecular complexity index is 421. The number of aryl methyl sites for hydroxylation is 1. The van der Waals surface area contributed by atoms with Gasteiger partial charge in [0.25, 0.3) is 0 Å². The van der Waals surface area contributed by atoms with Gasteiger partial charge >= 0.3 is 5.97 Å². The Morgan fingerprint density at radius 2 is 2.06 bits per heavy atom. The van der Waals surface area contributed by atoms with Crippen molar-refractivity contribution in [3.05, 3.63) is 47.9 Å². The summed E-state index contributed by atoms with van der Waals surface area (Å²) in [6.45, 7) is 9.36. The predicted octanol–water partition coefficient (Wildman–Crippen LogP) is 4.08. The first-order chi connectivity index (χ1) is 8.56. The molecule has 1 radical (unpaired) electrons. The average Bonchev–Trinajstić information content (AvgIpc) is 2.34. The van der Waals surface area contributed by atoms with Crippen molar-refractivity contribution in [1.82, 2.24) is 0 Å². The van der Waals surface area contributed by atoms with Crippen LogP contribution in [-0.4, -0.2) is 5.97 Å². The molecular formula is C16H21O2. The van der Waals surface area contributed by atoms with Crippen LogP contribution in [0.5, 0.6) is 5.75 Å². The summed E-state index contributed by atoms with van der Waals surface area (Å²) >= 11 is 0. The van der Waals surface area contributed by atoms with Crippen molar-refractivity contribution in [3.63, 3.8) is 0 Å². The van der Waals surface area contributed by atoms with Crippen LogP contribution in [0.3, 0.4) is 0 Å². The summed E-state index contributed by atoms with van der Waals surface area (Å²) in [7, 11) is 0. The third-order valence-electron chi connectivity index (χ3n) is 2.81. The first kappa shape index (κ1) is 14.5. The third-order valence-corrected chi connectivity index (χ3v) is 2.81. The second-order valence-corrected chi connectivity index (χ2v) is 4.45. The topological polar surface area (TPSA) is 26.3 Å². The Balaban J connectivity index is 3.02. The molecule has 0 unspecified atom stereocenters. The maximum absolute atomic E-state index is 11.0. The molecule has 0 heterocycles. The van der Waals surface area contributed by atoms with Gasteiger partial charge in [-0.3, -0.25) is 4.79 Å². The van der Waals surface area contributed by atoms with Crippen molar-refractivity contribution in [2.45, 2.75) is 40.0 Å². The first-order valence-electron chi connectivity index (χ1n) is 6.35. The van der Waals surface area contributed by atoms with Gasteiger partial charge in [-0.2, -0.15) is 0 Å². The monoisotopic (exact) mass is 245 g/mol. The molecule has 0 aromatic heterocycles. The van der Waals surface area contributed by atoms with Crippen LogP contribution in [0.15, 0.2) is 30.9 Å². The average molecular weight is 245 g/mol. The van der Waals surface area contributed by atoms with E-state index in [1.807, 2.05) is 25.1 Å². The highest BCUT2D eigenvalue weighted by molar-refractivity contribution is 5.69. The summed E-state index contributed by atoms with van der Waals surface area (Å²) in [5.41, 5.74) is 2.27. The summed E-state index contributed by atoms with van der Waals surface area (Å²) < 4.78 is 5.18. The lowest BCUT2D eigenvalue weighted by Crippen LogP contribution is -2.03. The molecule has 1 aromatic rings. The van der Waals surface area contributed by atoms with E-state index >= 15 is 0 Å². The number of rotatable bonds is 6. The highest BCUT2D eigenvalue weighted by atomic mass is 16.5. The number of hydrogen-bond donors (Lipinski definition) is 0. The van der Waals surface area contributed by atoms with Gasteiger partial charge in [-0.15, -0.1) is 6.58 Å². The maximum Gasteiger partial charge on any atom is 0.308 e. The molecule has 0 bridgehead atoms. The minimum Gasteiger partial charge on any atom is -0.427 e. The molecule has 0 spiro atoms. The molecule has 2 heteroatoms. The van der Waals surface area contributed by atoms with Crippen LogP contribution >= 0.6 is 0 Å². The van der Waals surface area contributed by atoms with Gasteiger partial charge in [-0.1, -0.05) is 32.4 Å². The Morgan fingerprint density at radius 3 is 2.61 bits per heavy atom. The zero-order valence-corrected chi connectivity index (χ0v) is 11.5. The molecule has 0 saturated heterocycles. The first-order valence-corrected chi connectivity index (χ1v) is 6.35. The van der Waals surface area contributed by atoms with E-state index < -0.39 is 0 Å². The standard InChI is InChI=1S/C16H21O2/c1-5-7-8-14-9-15(12(3)6-2)11-16(10-14)18-13(4)17/h6,9-11H,2,5,7-8H2,1,3-4H3. The molecule has 0 aliphatic heterocycles. The van der Waals surface area contributed by atoms with Crippen molar-refractivity contribution in [2.75, 3.05) is 0 Å². The van der Waals surface area contributed by atoms with Gasteiger partial charge in [0.1, 0.15) is 5.75 Å². The number of unbranched alkanes of at least 4 members (excludes halogenated alkanes) is 1. The molecule has 0 saturated carbocycles. The molecule has 0 aliphatic rings. The van der Waals surface area contributed by atoms with Gasteiger partial charge in [0, 0.05) is 12.8 Å². The summed E-state index contributed by atoms with van der Waals surface area (Å²) in [5.74, 6) is 1.42. The number of ether oxygens (including phenoxy) is 1. The fourth-order valence-electron chi connectivity index (χ4n) is 1.76. The van der Waals surface area contributed by atoms with E-state index in [9.17, 15) is 4.79 Å². The van der Waals surface area contributed by atoms with Crippen LogP contribution in [0.2, 0.25) is 0 Å². The van der Waals surface area contributed by atoms with Crippen LogP contribution in [-0.2, 0) is 11.2 Å². The van der Waals surface area contributed by atoms with Crippen LogP contribution in [0.25, 0.3) is 0 Å². The van der Waals surface area contributed by atoms with Crippen molar-refractivity contribution < 1.29 is 9.53 Å². The van der Waals surface area contributed by atoms with Crippen molar-refractivity contribution in [3.8, 4) is 5.75 Å². The van der Waals surface area contributed by atoms with Crippen LogP contribution in [0.1, 0.15) is 44.7 Å². The second-order valence-electron chi connectivity index (χ2n) is 4.45. The second kappa shape index (κ2) is 7.00. The summed E-state index contributed by atoms with van der Waals surface area (Å²) in [6, 6.07) is 5.96. The summed E-state index contributed by atoms with van der Waals surface area (Å²) in [5, 5.41) is 0. The number of allylic oxidation sites excluding steroid dienone is 1. The molecule has 1 aromatic carbocycles. The van der Waals surface area contributed by atoms with Gasteiger partial charge in [-0.25, -0.2) is 0 Å². The highest BCUT2D eigenvalue weighted by Crippen LogP contribution is 2.24. The molecule has 0 N–H and O–H groups in total. The normalized spacial score (nSPS) is 10.4. The van der Waals surface area contributed by atoms with Gasteiger partial charge in [0.2, 0.25) is 0 Å². The quantitative estimate of drug-likeness (QED) is 0.557. The maximum atomic E-state index is 11.0. The van der Waals surface area contributed by atoms with Crippen LogP contribution < -0.4 is 4.74 Å². The molecule has 0 amide bonds. The Morgan fingerprint density at radius 1 is 1.33 bits per heavy atom. The Hall–Kier alpha value is -1.57. The molecule has 2 nitrogen and oxygen atoms in total. The molecule has 0 fully saturated rings. The number of carbonyl (C=O) groups excluding carboxylic acids is 1. The number of hydrogen-bond acceptors (Lipinski definition) is 2. The van der Waals surface area contributed by atoms with Gasteiger partial charge in [-0.05, 0) is 36.1 Å². The van der Waals surface area contributed by atoms with E-state index in [4.69, 9.17) is 4.74 Å². The Labute approximate surface area is 110 Å². The van der Waals surface area contributed by atoms with Crippen molar-refractivity contribution in [2.24, 2.45) is 0 Å². The molecular weight excluding hydrogens is 224 g/mol. The van der Waals surface area contributed by atoms with E-state index in [1.165, 1.54) is 12.5 Å². The largest absolute Gasteiger partial charge is 0.427 e. The van der Waals surface area contributed by atoms with E-state index in [0.29, 0.717) is 5.75 Å². The smallest absolute Gasteiger partial charge is 0.308 e. The van der Waals surface area contributed by atoms with Gasteiger partial charge < -0.3 is 4.74 Å². The lowest BCUT2D eigenvalue weighted by atomic mass is 9.97. The van der Waals surface area contributed by atoms with E-state index in [0.717, 1.165) is 30.7 Å². The zero-order chi connectivity index (χ0) is 13.5. The fraction of sp³-hybridized carbons (Fsp3) is 0.375. The zero-order valence-electron chi connectivity index (χ0n) is 11.5. The molecule has 0 aliphatic carbocycles. The fourth-order valence-corrected chi connectivity index (χ4v) is 1.76. The van der Waals surface area contributed by atoms with Crippen LogP contribution in [0, 0.1) is 5.92 Å². The van der Waals surface area contributed by atoms with Gasteiger partial charge in [0.05, 0.1) is 0 Å². The third kappa shape index (κ3) is 4.36. The lowest BCUT2D eigenvalue weighted by Gasteiger charge is -2.11. The van der Waals surface area contributed by atoms with Crippen molar-refractivity contribution in [1.29, 1.82) is 0 Å². The minimum atomic E-state index is -0.287. The predicted molar refractivity (Wildman–Crippen MR) is 74.6 cm³/mol. The minimum absolute atomic E-state index is 0.287. The molecule has 1 rings (SSSR count). The van der Waals surface area contributed by atoms with Crippen LogP contribution in [0.4, 0.5) is 0 Å². The summed E-state index contributed by atoms with van der Waals surface area (Å²) in [6.07, 6.45) is 5.10. The van der Waals surface area contributed by atoms with Crippen molar-refractivity contribution >= 4 is 5.97 Å². The highest BCUT2D eigenvalue weighted by Gasteiger charge is 2.08. The summed E-state index contributed by atoms with van der Waals surface area (Å²) in [4.78, 5) is 11.0. The number of esters is 1. The number of benzene rings is 1. The molecule has 0 atom stereocenters. The number of carbonyl (C=O) groups is 1. The van der Waals surface area contributed by atoms with Gasteiger partial charge in [0.15, 0.2) is 0 Å². The Kier molecular flexibility index (Phi) is 5.63. The SMILES string of the molecule is C=C[C](C)c1cc(CCCC)cc(OC(C)=O)c1. The lowest BCUT2D eigenvalue weighted by molar-refractivity contribution is -0.131. The molecule has 97 valence electrons. The van der Waals surface area contributed by atoms with E-state index in [2.05, 4.69) is 19.6 Å². The molecule has 18 heavy (non-hydrogen) atoms. The van der Waals surface area contributed by atoms with E-state index in [-0.39, 0.29) is 5.97 Å².